The predicted octanol–water partition coefficient (Wildman–Crippen LogP) is 2.21. The summed E-state index contributed by atoms with van der Waals surface area (Å²) in [5, 5.41) is 1.12. The molecule has 0 saturated carbocycles. The van der Waals surface area contributed by atoms with Crippen molar-refractivity contribution in [2.45, 2.75) is 19.4 Å². The van der Waals surface area contributed by atoms with E-state index < -0.39 is 0 Å². The Morgan fingerprint density at radius 2 is 1.90 bits per heavy atom. The first kappa shape index (κ1) is 12.8. The summed E-state index contributed by atoms with van der Waals surface area (Å²) < 4.78 is 2.02. The number of hydrogen-bond acceptors (Lipinski definition) is 3. The van der Waals surface area contributed by atoms with Crippen molar-refractivity contribution in [3.05, 3.63) is 59.7 Å². The fourth-order valence-electron chi connectivity index (χ4n) is 2.62. The molecule has 0 fully saturated rings. The van der Waals surface area contributed by atoms with Crippen LogP contribution in [0.5, 0.6) is 0 Å². The van der Waals surface area contributed by atoms with E-state index >= 15 is 0 Å². The summed E-state index contributed by atoms with van der Waals surface area (Å²) in [6, 6.07) is 10.5. The number of nitrogens with two attached hydrogens (primary N) is 1. The first-order valence-corrected chi connectivity index (χ1v) is 6.81. The second-order valence-corrected chi connectivity index (χ2v) is 4.97. The molecular weight excluding hydrogens is 248 g/mol. The summed E-state index contributed by atoms with van der Waals surface area (Å²) in [5.41, 5.74) is 10.3. The Labute approximate surface area is 118 Å². The molecule has 102 valence electrons. The van der Waals surface area contributed by atoms with Crippen LogP contribution in [-0.2, 0) is 26.4 Å². The van der Waals surface area contributed by atoms with Gasteiger partial charge in [-0.25, -0.2) is 9.97 Å². The Bertz CT molecular complexity index is 716. The van der Waals surface area contributed by atoms with Crippen LogP contribution in [0.15, 0.2) is 42.9 Å². The van der Waals surface area contributed by atoms with Crippen molar-refractivity contribution in [3.63, 3.8) is 0 Å². The van der Waals surface area contributed by atoms with E-state index in [1.165, 1.54) is 5.56 Å². The highest BCUT2D eigenvalue weighted by molar-refractivity contribution is 5.82. The molecule has 0 unspecified atom stereocenters. The van der Waals surface area contributed by atoms with Gasteiger partial charge in [-0.05, 0) is 24.0 Å². The normalized spacial score (nSPS) is 11.1. The Morgan fingerprint density at radius 3 is 2.65 bits per heavy atom. The Hall–Kier alpha value is -2.20. The van der Waals surface area contributed by atoms with Crippen LogP contribution in [0, 0.1) is 0 Å². The zero-order valence-electron chi connectivity index (χ0n) is 11.6. The lowest BCUT2D eigenvalue weighted by atomic mass is 10.1. The first-order chi connectivity index (χ1) is 9.79. The molecule has 0 aliphatic carbocycles. The van der Waals surface area contributed by atoms with Crippen molar-refractivity contribution in [1.82, 2.24) is 14.5 Å². The summed E-state index contributed by atoms with van der Waals surface area (Å²) in [4.78, 5) is 8.83. The highest BCUT2D eigenvalue weighted by atomic mass is 15.0. The molecule has 0 bridgehead atoms. The molecule has 0 atom stereocenters. The number of nitrogens with zero attached hydrogens (tertiary/aromatic N) is 3. The van der Waals surface area contributed by atoms with Crippen molar-refractivity contribution in [3.8, 4) is 0 Å². The Balaban J connectivity index is 1.95. The smallest absolute Gasteiger partial charge is 0.143 e. The minimum absolute atomic E-state index is 0.517. The molecule has 0 aliphatic heterocycles. The zero-order valence-corrected chi connectivity index (χ0v) is 11.6. The molecule has 0 radical (unpaired) electrons. The van der Waals surface area contributed by atoms with Crippen molar-refractivity contribution < 1.29 is 0 Å². The van der Waals surface area contributed by atoms with E-state index in [9.17, 15) is 0 Å². The van der Waals surface area contributed by atoms with Crippen molar-refractivity contribution in [2.24, 2.45) is 12.8 Å². The molecule has 1 aromatic carbocycles. The molecular formula is C16H18N4. The molecule has 0 aliphatic rings. The molecule has 3 aromatic rings. The van der Waals surface area contributed by atoms with Crippen LogP contribution in [0.4, 0.5) is 0 Å². The van der Waals surface area contributed by atoms with Gasteiger partial charge in [-0.1, -0.05) is 30.3 Å². The SMILES string of the molecule is Cn1cc(CN)c2c(CCc3ccccc3)ncnc21. The van der Waals surface area contributed by atoms with Crippen molar-refractivity contribution >= 4 is 11.0 Å². The van der Waals surface area contributed by atoms with E-state index in [0.717, 1.165) is 35.1 Å². The van der Waals surface area contributed by atoms with Gasteiger partial charge in [0.25, 0.3) is 0 Å². The average Bonchev–Trinajstić information content (AvgIpc) is 2.83. The summed E-state index contributed by atoms with van der Waals surface area (Å²) in [6.45, 7) is 0.517. The largest absolute Gasteiger partial charge is 0.335 e. The second-order valence-electron chi connectivity index (χ2n) is 4.97. The van der Waals surface area contributed by atoms with Crippen LogP contribution >= 0.6 is 0 Å². The lowest BCUT2D eigenvalue weighted by Crippen LogP contribution is -2.00. The maximum atomic E-state index is 5.84. The van der Waals surface area contributed by atoms with Gasteiger partial charge in [0, 0.05) is 25.2 Å². The van der Waals surface area contributed by atoms with Gasteiger partial charge in [0.15, 0.2) is 0 Å². The van der Waals surface area contributed by atoms with Gasteiger partial charge in [-0.15, -0.1) is 0 Å². The number of hydrogen-bond donors (Lipinski definition) is 1. The second kappa shape index (κ2) is 5.43. The number of rotatable bonds is 4. The highest BCUT2D eigenvalue weighted by Gasteiger charge is 2.12. The number of benzene rings is 1. The monoisotopic (exact) mass is 266 g/mol. The molecule has 0 saturated heterocycles. The molecule has 20 heavy (non-hydrogen) atoms. The summed E-state index contributed by atoms with van der Waals surface area (Å²) in [5.74, 6) is 0. The van der Waals surface area contributed by atoms with Crippen molar-refractivity contribution in [2.75, 3.05) is 0 Å². The molecule has 0 amide bonds. The average molecular weight is 266 g/mol. The standard InChI is InChI=1S/C16H18N4/c1-20-10-13(9-17)15-14(18-11-19-16(15)20)8-7-12-5-3-2-4-6-12/h2-6,10-11H,7-9,17H2,1H3. The summed E-state index contributed by atoms with van der Waals surface area (Å²) >= 11 is 0. The number of aryl methyl sites for hydroxylation is 3. The van der Waals surface area contributed by atoms with Crippen molar-refractivity contribution in [1.29, 1.82) is 0 Å². The van der Waals surface area contributed by atoms with Gasteiger partial charge >= 0.3 is 0 Å². The van der Waals surface area contributed by atoms with E-state index in [1.54, 1.807) is 6.33 Å². The number of fused-ring (bicyclic) bond motifs is 1. The third-order valence-electron chi connectivity index (χ3n) is 3.62. The molecule has 2 N–H and O–H groups in total. The maximum absolute atomic E-state index is 5.84. The zero-order chi connectivity index (χ0) is 13.9. The predicted molar refractivity (Wildman–Crippen MR) is 80.3 cm³/mol. The van der Waals surface area contributed by atoms with Gasteiger partial charge in [0.05, 0.1) is 5.69 Å². The van der Waals surface area contributed by atoms with Gasteiger partial charge in [-0.3, -0.25) is 0 Å². The summed E-state index contributed by atoms with van der Waals surface area (Å²) in [6.07, 6.45) is 5.57. The molecule has 0 spiro atoms. The quantitative estimate of drug-likeness (QED) is 0.787. The Morgan fingerprint density at radius 1 is 1.10 bits per heavy atom. The minimum atomic E-state index is 0.517. The lowest BCUT2D eigenvalue weighted by Gasteiger charge is -2.04. The van der Waals surface area contributed by atoms with Crippen LogP contribution in [-0.4, -0.2) is 14.5 Å². The van der Waals surface area contributed by atoms with Gasteiger partial charge in [-0.2, -0.15) is 0 Å². The summed E-state index contributed by atoms with van der Waals surface area (Å²) in [7, 11) is 2.00. The molecule has 4 heteroatoms. The van der Waals surface area contributed by atoms with E-state index in [4.69, 9.17) is 5.73 Å². The number of aromatic nitrogens is 3. The molecule has 2 heterocycles. The molecule has 2 aromatic heterocycles. The third kappa shape index (κ3) is 2.30. The lowest BCUT2D eigenvalue weighted by molar-refractivity contribution is 0.903. The van der Waals surface area contributed by atoms with Crippen LogP contribution in [0.2, 0.25) is 0 Å². The fraction of sp³-hybridized carbons (Fsp3) is 0.250. The van der Waals surface area contributed by atoms with E-state index in [-0.39, 0.29) is 0 Å². The molecule has 4 nitrogen and oxygen atoms in total. The van der Waals surface area contributed by atoms with Crippen LogP contribution in [0.1, 0.15) is 16.8 Å². The van der Waals surface area contributed by atoms with Gasteiger partial charge in [0.1, 0.15) is 12.0 Å². The Kier molecular flexibility index (Phi) is 3.48. The van der Waals surface area contributed by atoms with E-state index in [1.807, 2.05) is 23.9 Å². The minimum Gasteiger partial charge on any atom is -0.335 e. The van der Waals surface area contributed by atoms with Crippen LogP contribution in [0.3, 0.4) is 0 Å². The maximum Gasteiger partial charge on any atom is 0.143 e. The fourth-order valence-corrected chi connectivity index (χ4v) is 2.62. The first-order valence-electron chi connectivity index (χ1n) is 6.81. The van der Waals surface area contributed by atoms with Crippen LogP contribution < -0.4 is 5.73 Å². The van der Waals surface area contributed by atoms with Gasteiger partial charge in [0.2, 0.25) is 0 Å². The van der Waals surface area contributed by atoms with Gasteiger partial charge < -0.3 is 10.3 Å². The van der Waals surface area contributed by atoms with E-state index in [2.05, 4.69) is 34.2 Å². The topological polar surface area (TPSA) is 56.7 Å². The third-order valence-corrected chi connectivity index (χ3v) is 3.62. The van der Waals surface area contributed by atoms with Crippen LogP contribution in [0.25, 0.3) is 11.0 Å². The highest BCUT2D eigenvalue weighted by Crippen LogP contribution is 2.22. The van der Waals surface area contributed by atoms with E-state index in [0.29, 0.717) is 6.54 Å². The molecule has 3 rings (SSSR count).